The molecule has 1 heterocycles. The minimum atomic E-state index is -0.506. The Balaban J connectivity index is 2.54. The molecule has 1 fully saturated rings. The summed E-state index contributed by atoms with van der Waals surface area (Å²) in [4.78, 5) is 27.6. The van der Waals surface area contributed by atoms with Gasteiger partial charge < -0.3 is 20.2 Å². The van der Waals surface area contributed by atoms with Crippen LogP contribution in [0.1, 0.15) is 39.5 Å². The molecule has 0 aromatic carbocycles. The summed E-state index contributed by atoms with van der Waals surface area (Å²) in [7, 11) is 3.47. The predicted molar refractivity (Wildman–Crippen MR) is 81.9 cm³/mol. The van der Waals surface area contributed by atoms with E-state index in [1.54, 1.807) is 23.9 Å². The van der Waals surface area contributed by atoms with Crippen molar-refractivity contribution in [2.24, 2.45) is 5.92 Å². The van der Waals surface area contributed by atoms with E-state index in [1.807, 2.05) is 13.8 Å². The van der Waals surface area contributed by atoms with Gasteiger partial charge in [-0.3, -0.25) is 4.79 Å². The van der Waals surface area contributed by atoms with E-state index in [1.165, 1.54) is 0 Å². The highest BCUT2D eigenvalue weighted by Gasteiger charge is 2.33. The number of aliphatic hydroxyl groups excluding tert-OH is 1. The molecule has 0 saturated carbocycles. The first kappa shape index (κ1) is 17.8. The van der Waals surface area contributed by atoms with Gasteiger partial charge in [0.25, 0.3) is 0 Å². The van der Waals surface area contributed by atoms with Crippen molar-refractivity contribution in [2.75, 3.05) is 33.8 Å². The van der Waals surface area contributed by atoms with E-state index < -0.39 is 5.54 Å². The first-order chi connectivity index (χ1) is 9.89. The molecule has 0 spiro atoms. The zero-order chi connectivity index (χ0) is 16.0. The molecule has 0 aromatic heterocycles. The summed E-state index contributed by atoms with van der Waals surface area (Å²) >= 11 is 0. The normalized spacial score (nSPS) is 16.7. The van der Waals surface area contributed by atoms with Gasteiger partial charge in [0, 0.05) is 33.1 Å². The van der Waals surface area contributed by atoms with Gasteiger partial charge in [0.1, 0.15) is 0 Å². The maximum atomic E-state index is 12.4. The van der Waals surface area contributed by atoms with Crippen LogP contribution in [-0.2, 0) is 4.79 Å². The highest BCUT2D eigenvalue weighted by Crippen LogP contribution is 2.21. The first-order valence-electron chi connectivity index (χ1n) is 7.78. The second kappa shape index (κ2) is 7.64. The molecule has 0 aromatic rings. The van der Waals surface area contributed by atoms with Crippen LogP contribution in [0.25, 0.3) is 0 Å². The minimum absolute atomic E-state index is 0.000629. The summed E-state index contributed by atoms with van der Waals surface area (Å²) < 4.78 is 0. The second-order valence-electron chi connectivity index (χ2n) is 6.07. The van der Waals surface area contributed by atoms with Crippen LogP contribution in [0, 0.1) is 5.92 Å². The predicted octanol–water partition coefficient (Wildman–Crippen LogP) is 1.05. The lowest BCUT2D eigenvalue weighted by Crippen LogP contribution is -2.54. The second-order valence-corrected chi connectivity index (χ2v) is 6.07. The Morgan fingerprint density at radius 1 is 1.24 bits per heavy atom. The molecular formula is C15H29N3O3. The molecule has 122 valence electrons. The Morgan fingerprint density at radius 2 is 1.76 bits per heavy atom. The number of nitrogens with zero attached hydrogens (tertiary/aromatic N) is 2. The SMILES string of the molecule is CCC(CC)(CO)NC(=O)C1CCN(C(=O)N(C)C)CC1. The third kappa shape index (κ3) is 4.33. The van der Waals surface area contributed by atoms with E-state index in [-0.39, 0.29) is 24.5 Å². The number of amides is 3. The topological polar surface area (TPSA) is 72.9 Å². The molecule has 0 aliphatic carbocycles. The van der Waals surface area contributed by atoms with Gasteiger partial charge in [-0.15, -0.1) is 0 Å². The fraction of sp³-hybridized carbons (Fsp3) is 0.867. The molecule has 0 radical (unpaired) electrons. The number of urea groups is 1. The van der Waals surface area contributed by atoms with Crippen LogP contribution in [0.15, 0.2) is 0 Å². The average molecular weight is 299 g/mol. The molecule has 1 rings (SSSR count). The smallest absolute Gasteiger partial charge is 0.319 e. The molecule has 0 unspecified atom stereocenters. The number of aliphatic hydroxyl groups is 1. The average Bonchev–Trinajstić information content (AvgIpc) is 2.52. The van der Waals surface area contributed by atoms with Crippen LogP contribution < -0.4 is 5.32 Å². The number of hydrogen-bond acceptors (Lipinski definition) is 3. The molecule has 2 N–H and O–H groups in total. The monoisotopic (exact) mass is 299 g/mol. The van der Waals surface area contributed by atoms with Crippen molar-refractivity contribution in [3.05, 3.63) is 0 Å². The van der Waals surface area contributed by atoms with Crippen molar-refractivity contribution in [3.8, 4) is 0 Å². The Labute approximate surface area is 127 Å². The fourth-order valence-electron chi connectivity index (χ4n) is 2.67. The van der Waals surface area contributed by atoms with E-state index in [0.29, 0.717) is 38.8 Å². The van der Waals surface area contributed by atoms with Gasteiger partial charge in [0.15, 0.2) is 0 Å². The van der Waals surface area contributed by atoms with E-state index >= 15 is 0 Å². The van der Waals surface area contributed by atoms with E-state index in [9.17, 15) is 14.7 Å². The molecule has 3 amide bonds. The third-order valence-electron chi connectivity index (χ3n) is 4.56. The Morgan fingerprint density at radius 3 is 2.14 bits per heavy atom. The van der Waals surface area contributed by atoms with Crippen molar-refractivity contribution in [1.82, 2.24) is 15.1 Å². The summed E-state index contributed by atoms with van der Waals surface area (Å²) in [5, 5.41) is 12.5. The quantitative estimate of drug-likeness (QED) is 0.797. The van der Waals surface area contributed by atoms with Crippen molar-refractivity contribution in [3.63, 3.8) is 0 Å². The molecule has 6 nitrogen and oxygen atoms in total. The maximum absolute atomic E-state index is 12.4. The van der Waals surface area contributed by atoms with Gasteiger partial charge >= 0.3 is 6.03 Å². The van der Waals surface area contributed by atoms with Crippen molar-refractivity contribution >= 4 is 11.9 Å². The van der Waals surface area contributed by atoms with Crippen molar-refractivity contribution in [1.29, 1.82) is 0 Å². The molecule has 0 bridgehead atoms. The standard InChI is InChI=1S/C15H29N3O3/c1-5-15(6-2,11-19)16-13(20)12-7-9-18(10-8-12)14(21)17(3)4/h12,19H,5-11H2,1-4H3,(H,16,20). The lowest BCUT2D eigenvalue weighted by Gasteiger charge is -2.36. The van der Waals surface area contributed by atoms with Crippen molar-refractivity contribution < 1.29 is 14.7 Å². The number of carbonyl (C=O) groups excluding carboxylic acids is 2. The third-order valence-corrected chi connectivity index (χ3v) is 4.56. The fourth-order valence-corrected chi connectivity index (χ4v) is 2.67. The lowest BCUT2D eigenvalue weighted by atomic mass is 9.90. The van der Waals surface area contributed by atoms with Gasteiger partial charge in [-0.1, -0.05) is 13.8 Å². The van der Waals surface area contributed by atoms with Crippen LogP contribution >= 0.6 is 0 Å². The first-order valence-corrected chi connectivity index (χ1v) is 7.78. The molecule has 21 heavy (non-hydrogen) atoms. The number of hydrogen-bond donors (Lipinski definition) is 2. The van der Waals surface area contributed by atoms with Crippen LogP contribution in [0.4, 0.5) is 4.79 Å². The van der Waals surface area contributed by atoms with Crippen LogP contribution in [0.2, 0.25) is 0 Å². The number of piperidine rings is 1. The van der Waals surface area contributed by atoms with E-state index in [4.69, 9.17) is 0 Å². The highest BCUT2D eigenvalue weighted by atomic mass is 16.3. The summed E-state index contributed by atoms with van der Waals surface area (Å²) in [6, 6.07) is 0.000629. The minimum Gasteiger partial charge on any atom is -0.394 e. The Kier molecular flexibility index (Phi) is 6.45. The number of likely N-dealkylation sites (tertiary alicyclic amines) is 1. The van der Waals surface area contributed by atoms with Crippen LogP contribution in [-0.4, -0.2) is 66.2 Å². The van der Waals surface area contributed by atoms with Gasteiger partial charge in [-0.25, -0.2) is 4.79 Å². The number of carbonyl (C=O) groups is 2. The van der Waals surface area contributed by atoms with E-state index in [2.05, 4.69) is 5.32 Å². The summed E-state index contributed by atoms with van der Waals surface area (Å²) in [5.74, 6) is -0.0649. The van der Waals surface area contributed by atoms with E-state index in [0.717, 1.165) is 0 Å². The Bertz CT molecular complexity index is 351. The largest absolute Gasteiger partial charge is 0.394 e. The molecule has 6 heteroatoms. The zero-order valence-corrected chi connectivity index (χ0v) is 13.7. The summed E-state index contributed by atoms with van der Waals surface area (Å²) in [6.07, 6.45) is 2.79. The number of rotatable bonds is 5. The Hall–Kier alpha value is -1.30. The summed E-state index contributed by atoms with van der Waals surface area (Å²) in [6.45, 7) is 5.12. The lowest BCUT2D eigenvalue weighted by molar-refractivity contribution is -0.129. The van der Waals surface area contributed by atoms with Crippen molar-refractivity contribution in [2.45, 2.75) is 45.1 Å². The molecule has 0 atom stereocenters. The van der Waals surface area contributed by atoms with Crippen LogP contribution in [0.3, 0.4) is 0 Å². The van der Waals surface area contributed by atoms with Gasteiger partial charge in [-0.05, 0) is 25.7 Å². The molecule has 1 aliphatic rings. The molecule has 1 saturated heterocycles. The van der Waals surface area contributed by atoms with Gasteiger partial charge in [0.2, 0.25) is 5.91 Å². The summed E-state index contributed by atoms with van der Waals surface area (Å²) in [5.41, 5.74) is -0.506. The molecular weight excluding hydrogens is 270 g/mol. The highest BCUT2D eigenvalue weighted by molar-refractivity contribution is 5.80. The van der Waals surface area contributed by atoms with Gasteiger partial charge in [-0.2, -0.15) is 0 Å². The maximum Gasteiger partial charge on any atom is 0.319 e. The van der Waals surface area contributed by atoms with Crippen LogP contribution in [0.5, 0.6) is 0 Å². The number of nitrogens with one attached hydrogen (secondary N) is 1. The molecule has 1 aliphatic heterocycles. The zero-order valence-electron chi connectivity index (χ0n) is 13.7. The van der Waals surface area contributed by atoms with Gasteiger partial charge in [0.05, 0.1) is 12.1 Å².